The number of carbonyl (C=O) groups excluding carboxylic acids is 1. The second-order valence-electron chi connectivity index (χ2n) is 2.12. The van der Waals surface area contributed by atoms with E-state index in [9.17, 15) is 4.79 Å². The summed E-state index contributed by atoms with van der Waals surface area (Å²) < 4.78 is 0.999. The molecule has 3 nitrogen and oxygen atoms in total. The van der Waals surface area contributed by atoms with Crippen LogP contribution in [0, 0.1) is 3.57 Å². The van der Waals surface area contributed by atoms with E-state index in [1.807, 2.05) is 0 Å². The van der Waals surface area contributed by atoms with E-state index in [1.54, 1.807) is 6.20 Å². The molecule has 0 aliphatic carbocycles. The van der Waals surface area contributed by atoms with Crippen LogP contribution in [0.4, 0.5) is 0 Å². The summed E-state index contributed by atoms with van der Waals surface area (Å²) in [5.41, 5.74) is 1.48. The van der Waals surface area contributed by atoms with E-state index in [0.29, 0.717) is 12.1 Å². The van der Waals surface area contributed by atoms with Gasteiger partial charge in [0.1, 0.15) is 0 Å². The fraction of sp³-hybridized carbons (Fsp3) is 0.286. The highest BCUT2D eigenvalue weighted by Crippen LogP contribution is 2.15. The predicted molar refractivity (Wildman–Crippen MR) is 49.7 cm³/mol. The molecule has 0 bridgehead atoms. The van der Waals surface area contributed by atoms with Crippen LogP contribution in [0.5, 0.6) is 0 Å². The number of aromatic amines is 1. The molecule has 1 aromatic rings. The number of H-pyrrole nitrogens is 1. The van der Waals surface area contributed by atoms with Gasteiger partial charge in [-0.3, -0.25) is 4.79 Å². The van der Waals surface area contributed by atoms with Gasteiger partial charge in [0.25, 0.3) is 0 Å². The molecule has 0 radical (unpaired) electrons. The first kappa shape index (κ1) is 8.73. The number of aldehydes is 1. The third kappa shape index (κ3) is 1.81. The predicted octanol–water partition coefficient (Wildman–Crippen LogP) is 0.967. The molecule has 0 aliphatic rings. The van der Waals surface area contributed by atoms with Gasteiger partial charge in [0.05, 0.1) is 5.69 Å². The van der Waals surface area contributed by atoms with Crippen LogP contribution in [0.3, 0.4) is 0 Å². The maximum absolute atomic E-state index is 10.4. The van der Waals surface area contributed by atoms with Gasteiger partial charge in [-0.15, -0.1) is 0 Å². The van der Waals surface area contributed by atoms with E-state index in [1.165, 1.54) is 0 Å². The van der Waals surface area contributed by atoms with E-state index >= 15 is 0 Å². The minimum absolute atomic E-state index is 0.0781. The maximum Gasteiger partial charge on any atom is 0.166 e. The Morgan fingerprint density at radius 1 is 1.73 bits per heavy atom. The molecule has 1 aromatic heterocycles. The van der Waals surface area contributed by atoms with Gasteiger partial charge in [-0.1, -0.05) is 0 Å². The lowest BCUT2D eigenvalue weighted by Crippen LogP contribution is -1.95. The molecule has 60 valence electrons. The summed E-state index contributed by atoms with van der Waals surface area (Å²) in [4.78, 5) is 13.2. The van der Waals surface area contributed by atoms with Crippen LogP contribution < -0.4 is 0 Å². The number of aliphatic hydroxyl groups excluding tert-OH is 1. The highest BCUT2D eigenvalue weighted by molar-refractivity contribution is 14.1. The first-order valence-corrected chi connectivity index (χ1v) is 4.29. The molecule has 0 unspecified atom stereocenters. The summed E-state index contributed by atoms with van der Waals surface area (Å²) in [6.07, 6.45) is 3.07. The number of aromatic nitrogens is 1. The lowest BCUT2D eigenvalue weighted by Gasteiger charge is -1.94. The van der Waals surface area contributed by atoms with Crippen LogP contribution in [0.25, 0.3) is 0 Å². The van der Waals surface area contributed by atoms with Crippen LogP contribution in [0.15, 0.2) is 6.20 Å². The van der Waals surface area contributed by atoms with E-state index in [-0.39, 0.29) is 6.61 Å². The Labute approximate surface area is 78.0 Å². The van der Waals surface area contributed by atoms with Crippen molar-refractivity contribution in [2.24, 2.45) is 0 Å². The molecular formula is C7H8INO2. The average Bonchev–Trinajstić information content (AvgIpc) is 2.34. The largest absolute Gasteiger partial charge is 0.396 e. The molecule has 0 fully saturated rings. The summed E-state index contributed by atoms with van der Waals surface area (Å²) >= 11 is 2.13. The quantitative estimate of drug-likeness (QED) is 0.632. The molecule has 11 heavy (non-hydrogen) atoms. The zero-order valence-electron chi connectivity index (χ0n) is 5.80. The molecule has 0 spiro atoms. The van der Waals surface area contributed by atoms with Crippen LogP contribution >= 0.6 is 22.6 Å². The Morgan fingerprint density at radius 2 is 2.45 bits per heavy atom. The number of rotatable bonds is 3. The highest BCUT2D eigenvalue weighted by Gasteiger charge is 2.06. The van der Waals surface area contributed by atoms with Crippen LogP contribution in [-0.4, -0.2) is 23.0 Å². The lowest BCUT2D eigenvalue weighted by molar-refractivity contribution is 0.111. The lowest BCUT2D eigenvalue weighted by atomic mass is 10.2. The van der Waals surface area contributed by atoms with Gasteiger partial charge in [0.15, 0.2) is 6.29 Å². The van der Waals surface area contributed by atoms with Crippen LogP contribution in [-0.2, 0) is 6.42 Å². The van der Waals surface area contributed by atoms with Crippen molar-refractivity contribution in [2.45, 2.75) is 6.42 Å². The standard InChI is InChI=1S/C7H8INO2/c8-6-3-9-7(4-11)5(6)1-2-10/h3-4,9-10H,1-2H2. The first-order chi connectivity index (χ1) is 5.29. The van der Waals surface area contributed by atoms with Gasteiger partial charge in [-0.2, -0.15) is 0 Å². The second-order valence-corrected chi connectivity index (χ2v) is 3.28. The van der Waals surface area contributed by atoms with Gasteiger partial charge >= 0.3 is 0 Å². The van der Waals surface area contributed by atoms with E-state index in [0.717, 1.165) is 15.4 Å². The van der Waals surface area contributed by atoms with E-state index in [4.69, 9.17) is 5.11 Å². The molecule has 0 aromatic carbocycles. The van der Waals surface area contributed by atoms with Crippen molar-refractivity contribution in [2.75, 3.05) is 6.61 Å². The molecule has 4 heteroatoms. The third-order valence-corrected chi connectivity index (χ3v) is 2.41. The molecule has 1 rings (SSSR count). The molecule has 1 heterocycles. The number of aliphatic hydroxyl groups is 1. The minimum atomic E-state index is 0.0781. The maximum atomic E-state index is 10.4. The minimum Gasteiger partial charge on any atom is -0.396 e. The SMILES string of the molecule is O=Cc1[nH]cc(I)c1CCO. The normalized spacial score (nSPS) is 10.0. The van der Waals surface area contributed by atoms with Crippen molar-refractivity contribution in [3.8, 4) is 0 Å². The van der Waals surface area contributed by atoms with Crippen LogP contribution in [0.1, 0.15) is 16.1 Å². The Morgan fingerprint density at radius 3 is 3.00 bits per heavy atom. The van der Waals surface area contributed by atoms with Gasteiger partial charge in [0.2, 0.25) is 0 Å². The molecule has 0 amide bonds. The van der Waals surface area contributed by atoms with Crippen molar-refractivity contribution >= 4 is 28.9 Å². The third-order valence-electron chi connectivity index (χ3n) is 1.45. The number of hydrogen-bond donors (Lipinski definition) is 2. The molecule has 0 saturated carbocycles. The fourth-order valence-electron chi connectivity index (χ4n) is 0.915. The van der Waals surface area contributed by atoms with Gasteiger partial charge in [-0.05, 0) is 34.6 Å². The molecule has 0 aliphatic heterocycles. The Balaban J connectivity index is 2.97. The van der Waals surface area contributed by atoms with Crippen molar-refractivity contribution < 1.29 is 9.90 Å². The van der Waals surface area contributed by atoms with Gasteiger partial charge < -0.3 is 10.1 Å². The first-order valence-electron chi connectivity index (χ1n) is 3.21. The monoisotopic (exact) mass is 265 g/mol. The van der Waals surface area contributed by atoms with Crippen LogP contribution in [0.2, 0.25) is 0 Å². The Kier molecular flexibility index (Phi) is 3.07. The average molecular weight is 265 g/mol. The topological polar surface area (TPSA) is 53.1 Å². The summed E-state index contributed by atoms with van der Waals surface area (Å²) in [7, 11) is 0. The highest BCUT2D eigenvalue weighted by atomic mass is 127. The van der Waals surface area contributed by atoms with Gasteiger partial charge in [0, 0.05) is 16.4 Å². The molecule has 2 N–H and O–H groups in total. The summed E-state index contributed by atoms with van der Waals surface area (Å²) in [5, 5.41) is 8.65. The molecular weight excluding hydrogens is 257 g/mol. The Bertz CT molecular complexity index is 257. The summed E-state index contributed by atoms with van der Waals surface area (Å²) in [6, 6.07) is 0. The van der Waals surface area contributed by atoms with Gasteiger partial charge in [-0.25, -0.2) is 0 Å². The summed E-state index contributed by atoms with van der Waals surface area (Å²) in [5.74, 6) is 0. The van der Waals surface area contributed by atoms with Crippen molar-refractivity contribution in [1.82, 2.24) is 4.98 Å². The zero-order valence-corrected chi connectivity index (χ0v) is 7.96. The van der Waals surface area contributed by atoms with E-state index in [2.05, 4.69) is 27.6 Å². The zero-order chi connectivity index (χ0) is 8.27. The number of hydrogen-bond acceptors (Lipinski definition) is 2. The van der Waals surface area contributed by atoms with Crippen molar-refractivity contribution in [3.05, 3.63) is 21.0 Å². The van der Waals surface area contributed by atoms with E-state index < -0.39 is 0 Å². The molecule has 0 atom stereocenters. The number of halogens is 1. The smallest absolute Gasteiger partial charge is 0.166 e. The van der Waals surface area contributed by atoms with Crippen molar-refractivity contribution in [1.29, 1.82) is 0 Å². The second kappa shape index (κ2) is 3.87. The summed E-state index contributed by atoms with van der Waals surface area (Å²) in [6.45, 7) is 0.0781. The fourth-order valence-corrected chi connectivity index (χ4v) is 1.63. The number of carbonyl (C=O) groups is 1. The Hall–Kier alpha value is -0.360. The molecule has 0 saturated heterocycles. The van der Waals surface area contributed by atoms with Crippen molar-refractivity contribution in [3.63, 3.8) is 0 Å². The number of nitrogens with one attached hydrogen (secondary N) is 1.